The van der Waals surface area contributed by atoms with Crippen LogP contribution in [-0.4, -0.2) is 36.4 Å². The van der Waals surface area contributed by atoms with Crippen LogP contribution in [-0.2, 0) is 9.59 Å². The van der Waals surface area contributed by atoms with E-state index in [-0.39, 0.29) is 25.9 Å². The molecule has 0 aromatic rings. The van der Waals surface area contributed by atoms with Crippen molar-refractivity contribution in [3.63, 3.8) is 0 Å². The van der Waals surface area contributed by atoms with Crippen LogP contribution in [0.1, 0.15) is 12.8 Å². The number of aldehydes is 1. The molecule has 0 rings (SSSR count). The van der Waals surface area contributed by atoms with Gasteiger partial charge in [-0.25, -0.2) is 0 Å². The Morgan fingerprint density at radius 1 is 1.27 bits per heavy atom. The molecule has 0 radical (unpaired) electrons. The molecule has 0 fully saturated rings. The predicted octanol–water partition coefficient (Wildman–Crippen LogP) is 1.54. The van der Waals surface area contributed by atoms with Crippen LogP contribution in [0.4, 0.5) is 13.2 Å². The highest BCUT2D eigenvalue weighted by atomic mass is 19.4. The Morgan fingerprint density at radius 3 is 2.20 bits per heavy atom. The number of amides is 1. The molecule has 1 amide bonds. The van der Waals surface area contributed by atoms with Crippen LogP contribution in [0.3, 0.4) is 0 Å². The van der Waals surface area contributed by atoms with Gasteiger partial charge in [0.1, 0.15) is 6.29 Å². The summed E-state index contributed by atoms with van der Waals surface area (Å²) in [4.78, 5) is 21.5. The summed E-state index contributed by atoms with van der Waals surface area (Å²) in [5, 5.41) is 0. The van der Waals surface area contributed by atoms with E-state index in [0.29, 0.717) is 11.2 Å². The topological polar surface area (TPSA) is 37.4 Å². The molecule has 0 spiro atoms. The zero-order valence-electron chi connectivity index (χ0n) is 8.09. The van der Waals surface area contributed by atoms with Gasteiger partial charge in [0, 0.05) is 19.5 Å². The van der Waals surface area contributed by atoms with E-state index in [9.17, 15) is 22.8 Å². The van der Waals surface area contributed by atoms with Crippen LogP contribution in [0, 0.1) is 0 Å². The SMILES string of the molecule is C=CCCN(CCC=O)C(=O)C(F)(F)F. The third-order valence-corrected chi connectivity index (χ3v) is 1.65. The molecule has 0 atom stereocenters. The van der Waals surface area contributed by atoms with E-state index in [2.05, 4.69) is 6.58 Å². The fraction of sp³-hybridized carbons (Fsp3) is 0.556. The molecule has 0 heterocycles. The maximum Gasteiger partial charge on any atom is 0.471 e. The van der Waals surface area contributed by atoms with Crippen molar-refractivity contribution in [2.75, 3.05) is 13.1 Å². The van der Waals surface area contributed by atoms with Crippen LogP contribution in [0.15, 0.2) is 12.7 Å². The van der Waals surface area contributed by atoms with E-state index < -0.39 is 12.1 Å². The van der Waals surface area contributed by atoms with Gasteiger partial charge in [-0.2, -0.15) is 13.2 Å². The van der Waals surface area contributed by atoms with Crippen molar-refractivity contribution in [1.29, 1.82) is 0 Å². The number of hydrogen-bond donors (Lipinski definition) is 0. The lowest BCUT2D eigenvalue weighted by Gasteiger charge is -2.22. The van der Waals surface area contributed by atoms with Gasteiger partial charge in [0.25, 0.3) is 0 Å². The van der Waals surface area contributed by atoms with Crippen LogP contribution in [0.25, 0.3) is 0 Å². The third kappa shape index (κ3) is 5.19. The molecule has 0 saturated carbocycles. The lowest BCUT2D eigenvalue weighted by atomic mass is 10.3. The van der Waals surface area contributed by atoms with E-state index in [1.165, 1.54) is 6.08 Å². The number of hydrogen-bond acceptors (Lipinski definition) is 2. The lowest BCUT2D eigenvalue weighted by molar-refractivity contribution is -0.185. The summed E-state index contributed by atoms with van der Waals surface area (Å²) in [7, 11) is 0. The Hall–Kier alpha value is -1.33. The molecule has 0 bridgehead atoms. The second-order valence-corrected chi connectivity index (χ2v) is 2.82. The molecule has 0 aliphatic carbocycles. The molecule has 15 heavy (non-hydrogen) atoms. The summed E-state index contributed by atoms with van der Waals surface area (Å²) in [6.45, 7) is 3.06. The number of nitrogens with zero attached hydrogens (tertiary/aromatic N) is 1. The number of carbonyl (C=O) groups is 2. The van der Waals surface area contributed by atoms with Gasteiger partial charge >= 0.3 is 12.1 Å². The van der Waals surface area contributed by atoms with E-state index in [1.54, 1.807) is 0 Å². The van der Waals surface area contributed by atoms with Crippen molar-refractivity contribution >= 4 is 12.2 Å². The average Bonchev–Trinajstić information content (AvgIpc) is 2.16. The van der Waals surface area contributed by atoms with Gasteiger partial charge in [0.2, 0.25) is 0 Å². The molecule has 6 heteroatoms. The maximum atomic E-state index is 12.0. The molecule has 0 aliphatic heterocycles. The van der Waals surface area contributed by atoms with Crippen molar-refractivity contribution in [2.45, 2.75) is 19.0 Å². The summed E-state index contributed by atoms with van der Waals surface area (Å²) in [5.41, 5.74) is 0. The molecule has 0 aromatic heterocycles. The monoisotopic (exact) mass is 223 g/mol. The molecular formula is C9H12F3NO2. The predicted molar refractivity (Wildman–Crippen MR) is 48.1 cm³/mol. The summed E-state index contributed by atoms with van der Waals surface area (Å²) in [6, 6.07) is 0. The van der Waals surface area contributed by atoms with Gasteiger partial charge in [-0.3, -0.25) is 4.79 Å². The van der Waals surface area contributed by atoms with Gasteiger partial charge in [0.15, 0.2) is 0 Å². The standard InChI is InChI=1S/C9H12F3NO2/c1-2-3-5-13(6-4-7-14)8(15)9(10,11)12/h2,7H,1,3-6H2. The molecule has 0 N–H and O–H groups in total. The summed E-state index contributed by atoms with van der Waals surface area (Å²) < 4.78 is 36.1. The molecule has 0 aliphatic rings. The fourth-order valence-corrected chi connectivity index (χ4v) is 0.950. The first-order valence-electron chi connectivity index (χ1n) is 4.34. The normalized spacial score (nSPS) is 10.9. The number of carbonyl (C=O) groups excluding carboxylic acids is 2. The Morgan fingerprint density at radius 2 is 1.80 bits per heavy atom. The Labute approximate surface area is 85.5 Å². The van der Waals surface area contributed by atoms with Crippen LogP contribution >= 0.6 is 0 Å². The molecular weight excluding hydrogens is 211 g/mol. The van der Waals surface area contributed by atoms with Crippen molar-refractivity contribution < 1.29 is 22.8 Å². The minimum Gasteiger partial charge on any atom is -0.334 e. The molecule has 86 valence electrons. The van der Waals surface area contributed by atoms with E-state index in [4.69, 9.17) is 0 Å². The number of halogens is 3. The van der Waals surface area contributed by atoms with Crippen molar-refractivity contribution in [3.05, 3.63) is 12.7 Å². The van der Waals surface area contributed by atoms with Crippen LogP contribution < -0.4 is 0 Å². The number of rotatable bonds is 6. The van der Waals surface area contributed by atoms with E-state index in [0.717, 1.165) is 0 Å². The average molecular weight is 223 g/mol. The second-order valence-electron chi connectivity index (χ2n) is 2.82. The van der Waals surface area contributed by atoms with Gasteiger partial charge in [-0.1, -0.05) is 6.08 Å². The lowest BCUT2D eigenvalue weighted by Crippen LogP contribution is -2.42. The first-order chi connectivity index (χ1) is 6.93. The highest BCUT2D eigenvalue weighted by molar-refractivity contribution is 5.82. The summed E-state index contributed by atoms with van der Waals surface area (Å²) in [6.07, 6.45) is -2.83. The van der Waals surface area contributed by atoms with Crippen LogP contribution in [0.5, 0.6) is 0 Å². The van der Waals surface area contributed by atoms with Crippen molar-refractivity contribution in [3.8, 4) is 0 Å². The van der Waals surface area contributed by atoms with Crippen LogP contribution in [0.2, 0.25) is 0 Å². The Kier molecular flexibility index (Phi) is 5.66. The van der Waals surface area contributed by atoms with Crippen molar-refractivity contribution in [2.24, 2.45) is 0 Å². The molecule has 3 nitrogen and oxygen atoms in total. The maximum absolute atomic E-state index is 12.0. The Bertz CT molecular complexity index is 226. The minimum atomic E-state index is -4.88. The quantitative estimate of drug-likeness (QED) is 0.506. The molecule has 0 saturated heterocycles. The third-order valence-electron chi connectivity index (χ3n) is 1.65. The zero-order valence-corrected chi connectivity index (χ0v) is 8.09. The summed E-state index contributed by atoms with van der Waals surface area (Å²) in [5.74, 6) is -1.91. The largest absolute Gasteiger partial charge is 0.471 e. The molecule has 0 unspecified atom stereocenters. The van der Waals surface area contributed by atoms with E-state index >= 15 is 0 Å². The summed E-state index contributed by atoms with van der Waals surface area (Å²) >= 11 is 0. The fourth-order valence-electron chi connectivity index (χ4n) is 0.950. The van der Waals surface area contributed by atoms with Gasteiger partial charge in [0.05, 0.1) is 0 Å². The first-order valence-corrected chi connectivity index (χ1v) is 4.34. The van der Waals surface area contributed by atoms with Gasteiger partial charge in [-0.05, 0) is 6.42 Å². The van der Waals surface area contributed by atoms with E-state index in [1.807, 2.05) is 0 Å². The van der Waals surface area contributed by atoms with Gasteiger partial charge < -0.3 is 9.69 Å². The number of alkyl halides is 3. The van der Waals surface area contributed by atoms with Crippen molar-refractivity contribution in [1.82, 2.24) is 4.90 Å². The molecule has 0 aromatic carbocycles. The first kappa shape index (κ1) is 13.7. The highest BCUT2D eigenvalue weighted by Crippen LogP contribution is 2.18. The van der Waals surface area contributed by atoms with Gasteiger partial charge in [-0.15, -0.1) is 6.58 Å². The smallest absolute Gasteiger partial charge is 0.334 e. The highest BCUT2D eigenvalue weighted by Gasteiger charge is 2.41. The minimum absolute atomic E-state index is 0.0737. The second kappa shape index (κ2) is 6.21. The zero-order chi connectivity index (χ0) is 11.9. The Balaban J connectivity index is 4.39.